The maximum absolute atomic E-state index is 6.23. The third kappa shape index (κ3) is 3.35. The van der Waals surface area contributed by atoms with Gasteiger partial charge in [0.1, 0.15) is 5.82 Å². The summed E-state index contributed by atoms with van der Waals surface area (Å²) in [6.07, 6.45) is 9.63. The fourth-order valence-corrected chi connectivity index (χ4v) is 4.27. The molecule has 1 aromatic heterocycles. The van der Waals surface area contributed by atoms with E-state index in [0.29, 0.717) is 6.04 Å². The molecular weight excluding hydrogens is 300 g/mol. The zero-order chi connectivity index (χ0) is 16.4. The molecule has 0 spiro atoms. The Hall–Kier alpha value is -1.40. The SMILES string of the molecule is NC1CCCC1Nc1nc2c(c(N3CCCCCC3)n1)CNCC2. The third-order valence-corrected chi connectivity index (χ3v) is 5.70. The number of nitrogens with one attached hydrogen (secondary N) is 2. The number of hydrogen-bond donors (Lipinski definition) is 3. The minimum Gasteiger partial charge on any atom is -0.356 e. The summed E-state index contributed by atoms with van der Waals surface area (Å²) in [6.45, 7) is 4.13. The first-order valence-corrected chi connectivity index (χ1v) is 9.69. The summed E-state index contributed by atoms with van der Waals surface area (Å²) >= 11 is 0. The molecule has 3 heterocycles. The highest BCUT2D eigenvalue weighted by Gasteiger charge is 2.27. The van der Waals surface area contributed by atoms with Gasteiger partial charge in [0.15, 0.2) is 0 Å². The molecule has 4 N–H and O–H groups in total. The van der Waals surface area contributed by atoms with Crippen LogP contribution in [0.1, 0.15) is 56.2 Å². The van der Waals surface area contributed by atoms with Crippen LogP contribution in [0.15, 0.2) is 0 Å². The number of fused-ring (bicyclic) bond motifs is 1. The van der Waals surface area contributed by atoms with Crippen molar-refractivity contribution < 1.29 is 0 Å². The van der Waals surface area contributed by atoms with Crippen LogP contribution in [0.2, 0.25) is 0 Å². The van der Waals surface area contributed by atoms with Gasteiger partial charge in [0.05, 0.1) is 5.69 Å². The van der Waals surface area contributed by atoms with Crippen LogP contribution < -0.4 is 21.3 Å². The quantitative estimate of drug-likeness (QED) is 0.784. The van der Waals surface area contributed by atoms with Gasteiger partial charge in [0.25, 0.3) is 0 Å². The number of rotatable bonds is 3. The fraction of sp³-hybridized carbons (Fsp3) is 0.778. The summed E-state index contributed by atoms with van der Waals surface area (Å²) < 4.78 is 0. The lowest BCUT2D eigenvalue weighted by molar-refractivity contribution is 0.610. The van der Waals surface area contributed by atoms with Gasteiger partial charge in [-0.1, -0.05) is 12.8 Å². The van der Waals surface area contributed by atoms with Gasteiger partial charge in [-0.25, -0.2) is 4.98 Å². The van der Waals surface area contributed by atoms with Crippen molar-refractivity contribution in [1.29, 1.82) is 0 Å². The zero-order valence-corrected chi connectivity index (χ0v) is 14.6. The van der Waals surface area contributed by atoms with Crippen molar-refractivity contribution in [2.24, 2.45) is 5.73 Å². The average molecular weight is 330 g/mol. The van der Waals surface area contributed by atoms with E-state index < -0.39 is 0 Å². The minimum atomic E-state index is 0.230. The summed E-state index contributed by atoms with van der Waals surface area (Å²) in [5.41, 5.74) is 8.76. The molecule has 132 valence electrons. The second-order valence-electron chi connectivity index (χ2n) is 7.47. The molecule has 4 rings (SSSR count). The maximum Gasteiger partial charge on any atom is 0.225 e. The van der Waals surface area contributed by atoms with Crippen LogP contribution >= 0.6 is 0 Å². The summed E-state index contributed by atoms with van der Waals surface area (Å²) in [5, 5.41) is 7.03. The van der Waals surface area contributed by atoms with Gasteiger partial charge in [0, 0.05) is 50.2 Å². The smallest absolute Gasteiger partial charge is 0.225 e. The van der Waals surface area contributed by atoms with E-state index in [9.17, 15) is 0 Å². The standard InChI is InChI=1S/C18H30N6/c19-14-6-5-7-16(14)22-18-21-15-8-9-20-12-13(15)17(23-18)24-10-3-1-2-4-11-24/h14,16,20H,1-12,19H2,(H,21,22,23). The van der Waals surface area contributed by atoms with Crippen molar-refractivity contribution in [2.45, 2.75) is 70.0 Å². The van der Waals surface area contributed by atoms with Gasteiger partial charge in [0.2, 0.25) is 5.95 Å². The number of aromatic nitrogens is 2. The van der Waals surface area contributed by atoms with Crippen molar-refractivity contribution in [3.05, 3.63) is 11.3 Å². The molecule has 1 saturated carbocycles. The minimum absolute atomic E-state index is 0.230. The fourth-order valence-electron chi connectivity index (χ4n) is 4.27. The number of anilines is 2. The van der Waals surface area contributed by atoms with E-state index in [1.807, 2.05) is 0 Å². The van der Waals surface area contributed by atoms with E-state index in [2.05, 4.69) is 15.5 Å². The largest absolute Gasteiger partial charge is 0.356 e. The molecule has 3 aliphatic rings. The predicted octanol–water partition coefficient (Wildman–Crippen LogP) is 1.79. The Morgan fingerprint density at radius 3 is 2.62 bits per heavy atom. The topological polar surface area (TPSA) is 79.1 Å². The average Bonchev–Trinajstić information content (AvgIpc) is 2.86. The van der Waals surface area contributed by atoms with Crippen LogP contribution in [0, 0.1) is 0 Å². The maximum atomic E-state index is 6.23. The summed E-state index contributed by atoms with van der Waals surface area (Å²) in [6, 6.07) is 0.551. The van der Waals surface area contributed by atoms with E-state index in [1.54, 1.807) is 0 Å². The lowest BCUT2D eigenvalue weighted by Gasteiger charge is -2.29. The Balaban J connectivity index is 1.63. The second-order valence-corrected chi connectivity index (χ2v) is 7.47. The van der Waals surface area contributed by atoms with E-state index in [0.717, 1.165) is 57.2 Å². The van der Waals surface area contributed by atoms with Crippen molar-refractivity contribution in [3.63, 3.8) is 0 Å². The molecule has 1 aliphatic carbocycles. The van der Waals surface area contributed by atoms with Crippen molar-refractivity contribution in [1.82, 2.24) is 15.3 Å². The molecular formula is C18H30N6. The Kier molecular flexibility index (Phi) is 4.85. The van der Waals surface area contributed by atoms with E-state index in [-0.39, 0.29) is 6.04 Å². The Morgan fingerprint density at radius 1 is 1.04 bits per heavy atom. The van der Waals surface area contributed by atoms with Crippen LogP contribution in [0.3, 0.4) is 0 Å². The molecule has 0 amide bonds. The molecule has 1 saturated heterocycles. The van der Waals surface area contributed by atoms with Gasteiger partial charge in [-0.2, -0.15) is 4.98 Å². The predicted molar refractivity (Wildman–Crippen MR) is 97.4 cm³/mol. The monoisotopic (exact) mass is 330 g/mol. The third-order valence-electron chi connectivity index (χ3n) is 5.70. The van der Waals surface area contributed by atoms with Crippen LogP contribution in [-0.4, -0.2) is 41.7 Å². The highest BCUT2D eigenvalue weighted by molar-refractivity contribution is 5.54. The van der Waals surface area contributed by atoms with Crippen LogP contribution in [0.4, 0.5) is 11.8 Å². The molecule has 2 fully saturated rings. The van der Waals surface area contributed by atoms with Crippen molar-refractivity contribution >= 4 is 11.8 Å². The summed E-state index contributed by atoms with van der Waals surface area (Å²) in [4.78, 5) is 12.3. The molecule has 2 atom stereocenters. The van der Waals surface area contributed by atoms with E-state index >= 15 is 0 Å². The Morgan fingerprint density at radius 2 is 1.88 bits per heavy atom. The molecule has 6 heteroatoms. The highest BCUT2D eigenvalue weighted by Crippen LogP contribution is 2.28. The summed E-state index contributed by atoms with van der Waals surface area (Å²) in [5.74, 6) is 1.94. The van der Waals surface area contributed by atoms with Crippen LogP contribution in [-0.2, 0) is 13.0 Å². The van der Waals surface area contributed by atoms with Gasteiger partial charge in [-0.15, -0.1) is 0 Å². The molecule has 0 bridgehead atoms. The lowest BCUT2D eigenvalue weighted by Crippen LogP contribution is -2.37. The number of hydrogen-bond acceptors (Lipinski definition) is 6. The molecule has 2 unspecified atom stereocenters. The Bertz CT molecular complexity index is 567. The molecule has 0 radical (unpaired) electrons. The van der Waals surface area contributed by atoms with Crippen LogP contribution in [0.25, 0.3) is 0 Å². The van der Waals surface area contributed by atoms with Gasteiger partial charge < -0.3 is 21.3 Å². The van der Waals surface area contributed by atoms with Gasteiger partial charge in [-0.05, 0) is 32.1 Å². The molecule has 0 aromatic carbocycles. The summed E-state index contributed by atoms with van der Waals surface area (Å²) in [7, 11) is 0. The second kappa shape index (κ2) is 7.23. The van der Waals surface area contributed by atoms with Crippen LogP contribution in [0.5, 0.6) is 0 Å². The molecule has 1 aromatic rings. The van der Waals surface area contributed by atoms with Crippen molar-refractivity contribution in [2.75, 3.05) is 29.9 Å². The first kappa shape index (κ1) is 16.1. The molecule has 24 heavy (non-hydrogen) atoms. The highest BCUT2D eigenvalue weighted by atomic mass is 15.2. The number of nitrogens with zero attached hydrogens (tertiary/aromatic N) is 3. The number of nitrogens with two attached hydrogens (primary N) is 1. The normalized spacial score (nSPS) is 27.6. The lowest BCUT2D eigenvalue weighted by atomic mass is 10.1. The molecule has 6 nitrogen and oxygen atoms in total. The van der Waals surface area contributed by atoms with E-state index in [1.165, 1.54) is 43.4 Å². The van der Waals surface area contributed by atoms with Crippen molar-refractivity contribution in [3.8, 4) is 0 Å². The van der Waals surface area contributed by atoms with Gasteiger partial charge in [-0.3, -0.25) is 0 Å². The Labute approximate surface area is 144 Å². The van der Waals surface area contributed by atoms with Gasteiger partial charge >= 0.3 is 0 Å². The van der Waals surface area contributed by atoms with E-state index in [4.69, 9.17) is 15.7 Å². The molecule has 2 aliphatic heterocycles. The first-order valence-electron chi connectivity index (χ1n) is 9.69. The zero-order valence-electron chi connectivity index (χ0n) is 14.6. The first-order chi connectivity index (χ1) is 11.8.